The second-order valence-electron chi connectivity index (χ2n) is 5.77. The minimum Gasteiger partial charge on any atom is -0.378 e. The maximum absolute atomic E-state index is 12.6. The van der Waals surface area contributed by atoms with E-state index in [0.717, 1.165) is 17.3 Å². The van der Waals surface area contributed by atoms with Crippen molar-refractivity contribution < 1.29 is 17.4 Å². The van der Waals surface area contributed by atoms with Gasteiger partial charge in [0, 0.05) is 17.6 Å². The highest BCUT2D eigenvalue weighted by atomic mass is 35.5. The third kappa shape index (κ3) is 4.35. The third-order valence-electron chi connectivity index (χ3n) is 3.75. The second-order valence-corrected chi connectivity index (χ2v) is 9.43. The third-order valence-corrected chi connectivity index (χ3v) is 6.72. The highest BCUT2D eigenvalue weighted by molar-refractivity contribution is 8.26. The molecule has 1 fully saturated rings. The van der Waals surface area contributed by atoms with Crippen LogP contribution in [0.25, 0.3) is 6.08 Å². The minimum absolute atomic E-state index is 0.0360. The summed E-state index contributed by atoms with van der Waals surface area (Å²) in [7, 11) is -2.46. The number of thiocarbonyl (C=S) groups is 1. The van der Waals surface area contributed by atoms with Gasteiger partial charge in [-0.15, -0.1) is 0 Å². The molecule has 1 heterocycles. The maximum Gasteiger partial charge on any atom is 0.339 e. The van der Waals surface area contributed by atoms with Crippen LogP contribution in [-0.2, 0) is 14.9 Å². The monoisotopic (exact) mass is 439 g/mol. The van der Waals surface area contributed by atoms with E-state index in [9.17, 15) is 13.2 Å². The Morgan fingerprint density at radius 1 is 1.19 bits per heavy atom. The molecule has 140 valence electrons. The highest BCUT2D eigenvalue weighted by Gasteiger charge is 2.29. The molecule has 3 rings (SSSR count). The predicted octanol–water partition coefficient (Wildman–Crippen LogP) is 4.25. The first-order valence-electron chi connectivity index (χ1n) is 7.69. The molecule has 1 aliphatic rings. The minimum atomic E-state index is -4.03. The van der Waals surface area contributed by atoms with Gasteiger partial charge >= 0.3 is 10.1 Å². The summed E-state index contributed by atoms with van der Waals surface area (Å²) in [5.41, 5.74) is 1.30. The van der Waals surface area contributed by atoms with E-state index in [4.69, 9.17) is 28.0 Å². The van der Waals surface area contributed by atoms with Gasteiger partial charge in [-0.25, -0.2) is 0 Å². The number of carbonyl (C=O) groups excluding carboxylic acids is 1. The van der Waals surface area contributed by atoms with Crippen LogP contribution in [0.15, 0.2) is 52.3 Å². The van der Waals surface area contributed by atoms with Gasteiger partial charge in [0.05, 0.1) is 4.91 Å². The van der Waals surface area contributed by atoms with Crippen LogP contribution in [0.3, 0.4) is 0 Å². The van der Waals surface area contributed by atoms with E-state index in [2.05, 4.69) is 0 Å². The lowest BCUT2D eigenvalue weighted by Gasteiger charge is -2.11. The molecule has 2 aromatic carbocycles. The molecule has 1 saturated heterocycles. The number of nitrogens with zero attached hydrogens (tertiary/aromatic N) is 1. The topological polar surface area (TPSA) is 63.7 Å². The summed E-state index contributed by atoms with van der Waals surface area (Å²) in [6.07, 6.45) is 1.52. The SMILES string of the molecule is Cc1ccc(S(=O)(=O)Oc2ccc(Cl)cc2/C=C2\SC(=S)N(C)C2=O)cc1. The summed E-state index contributed by atoms with van der Waals surface area (Å²) < 4.78 is 30.9. The van der Waals surface area contributed by atoms with Gasteiger partial charge in [-0.1, -0.05) is 53.3 Å². The molecule has 9 heteroatoms. The summed E-state index contributed by atoms with van der Waals surface area (Å²) in [5.74, 6) is -0.196. The number of aryl methyl sites for hydroxylation is 1. The van der Waals surface area contributed by atoms with Crippen molar-refractivity contribution in [3.05, 3.63) is 63.5 Å². The number of carbonyl (C=O) groups is 1. The fourth-order valence-corrected chi connectivity index (χ4v) is 4.57. The zero-order valence-corrected chi connectivity index (χ0v) is 17.5. The van der Waals surface area contributed by atoms with Gasteiger partial charge in [0.15, 0.2) is 0 Å². The van der Waals surface area contributed by atoms with E-state index < -0.39 is 10.1 Å². The fourth-order valence-electron chi connectivity index (χ4n) is 2.27. The van der Waals surface area contributed by atoms with Crippen molar-refractivity contribution in [3.63, 3.8) is 0 Å². The number of hydrogen-bond acceptors (Lipinski definition) is 6. The highest BCUT2D eigenvalue weighted by Crippen LogP contribution is 2.35. The lowest BCUT2D eigenvalue weighted by atomic mass is 10.2. The lowest BCUT2D eigenvalue weighted by Crippen LogP contribution is -2.22. The Kier molecular flexibility index (Phi) is 5.62. The van der Waals surface area contributed by atoms with Gasteiger partial charge in [-0.2, -0.15) is 8.42 Å². The van der Waals surface area contributed by atoms with Crippen LogP contribution in [0.5, 0.6) is 5.75 Å². The molecule has 2 aromatic rings. The van der Waals surface area contributed by atoms with Crippen molar-refractivity contribution in [3.8, 4) is 5.75 Å². The molecule has 5 nitrogen and oxygen atoms in total. The van der Waals surface area contributed by atoms with Crippen LogP contribution in [0, 0.1) is 6.92 Å². The Bertz CT molecular complexity index is 1060. The zero-order valence-electron chi connectivity index (χ0n) is 14.3. The molecule has 0 aromatic heterocycles. The molecule has 1 aliphatic heterocycles. The summed E-state index contributed by atoms with van der Waals surface area (Å²) >= 11 is 12.3. The average molecular weight is 440 g/mol. The van der Waals surface area contributed by atoms with Crippen LogP contribution in [-0.4, -0.2) is 30.6 Å². The standard InChI is InChI=1S/C18H14ClNO4S3/c1-11-3-6-14(7-4-11)27(22,23)24-15-8-5-13(19)9-12(15)10-16-17(21)20(2)18(25)26-16/h3-10H,1-2H3/b16-10-. The Morgan fingerprint density at radius 3 is 2.44 bits per heavy atom. The Morgan fingerprint density at radius 2 is 1.85 bits per heavy atom. The van der Waals surface area contributed by atoms with E-state index >= 15 is 0 Å². The van der Waals surface area contributed by atoms with E-state index in [1.807, 2.05) is 6.92 Å². The average Bonchev–Trinajstić information content (AvgIpc) is 2.84. The van der Waals surface area contributed by atoms with Gasteiger partial charge in [-0.05, 0) is 43.3 Å². The number of hydrogen-bond donors (Lipinski definition) is 0. The number of likely N-dealkylation sites (N-methyl/N-ethyl adjacent to an activating group) is 1. The van der Waals surface area contributed by atoms with Gasteiger partial charge < -0.3 is 4.18 Å². The quantitative estimate of drug-likeness (QED) is 0.403. The molecule has 0 spiro atoms. The fraction of sp³-hybridized carbons (Fsp3) is 0.111. The molecule has 0 atom stereocenters. The molecule has 0 unspecified atom stereocenters. The second kappa shape index (κ2) is 7.63. The Labute approximate surface area is 172 Å². The first-order valence-corrected chi connectivity index (χ1v) is 10.7. The maximum atomic E-state index is 12.6. The number of amides is 1. The van der Waals surface area contributed by atoms with Gasteiger partial charge in [0.1, 0.15) is 15.0 Å². The van der Waals surface area contributed by atoms with E-state index in [1.165, 1.54) is 41.3 Å². The summed E-state index contributed by atoms with van der Waals surface area (Å²) in [6, 6.07) is 10.8. The van der Waals surface area contributed by atoms with Crippen LogP contribution in [0.2, 0.25) is 5.02 Å². The predicted molar refractivity (Wildman–Crippen MR) is 111 cm³/mol. The Hall–Kier alpha value is -1.87. The number of thioether (sulfide) groups is 1. The molecule has 0 N–H and O–H groups in total. The van der Waals surface area contributed by atoms with Crippen molar-refractivity contribution >= 4 is 62.0 Å². The van der Waals surface area contributed by atoms with Gasteiger partial charge in [0.25, 0.3) is 5.91 Å². The molecular weight excluding hydrogens is 426 g/mol. The number of halogens is 1. The summed E-state index contributed by atoms with van der Waals surface area (Å²) in [6.45, 7) is 1.86. The van der Waals surface area contributed by atoms with Crippen LogP contribution >= 0.6 is 35.6 Å². The van der Waals surface area contributed by atoms with Crippen molar-refractivity contribution in [2.45, 2.75) is 11.8 Å². The normalized spacial score (nSPS) is 16.3. The molecule has 0 radical (unpaired) electrons. The molecule has 27 heavy (non-hydrogen) atoms. The van der Waals surface area contributed by atoms with E-state index in [0.29, 0.717) is 19.8 Å². The Balaban J connectivity index is 1.99. The molecule has 0 aliphatic carbocycles. The van der Waals surface area contributed by atoms with E-state index in [1.54, 1.807) is 19.2 Å². The number of benzene rings is 2. The largest absolute Gasteiger partial charge is 0.378 e. The summed E-state index contributed by atoms with van der Waals surface area (Å²) in [5, 5.41) is 0.383. The van der Waals surface area contributed by atoms with Crippen LogP contribution < -0.4 is 4.18 Å². The van der Waals surface area contributed by atoms with E-state index in [-0.39, 0.29) is 16.6 Å². The van der Waals surface area contributed by atoms with Crippen LogP contribution in [0.4, 0.5) is 0 Å². The van der Waals surface area contributed by atoms with Crippen molar-refractivity contribution in [2.75, 3.05) is 7.05 Å². The van der Waals surface area contributed by atoms with Crippen molar-refractivity contribution in [1.29, 1.82) is 0 Å². The first kappa shape index (κ1) is 19.9. The van der Waals surface area contributed by atoms with Gasteiger partial charge in [0.2, 0.25) is 0 Å². The molecule has 0 saturated carbocycles. The van der Waals surface area contributed by atoms with Gasteiger partial charge in [-0.3, -0.25) is 9.69 Å². The zero-order chi connectivity index (χ0) is 19.8. The molecular formula is C18H14ClNO4S3. The smallest absolute Gasteiger partial charge is 0.339 e. The first-order chi connectivity index (χ1) is 12.7. The lowest BCUT2D eigenvalue weighted by molar-refractivity contribution is -0.121. The van der Waals surface area contributed by atoms with Crippen molar-refractivity contribution in [2.24, 2.45) is 0 Å². The molecule has 1 amide bonds. The van der Waals surface area contributed by atoms with Crippen LogP contribution in [0.1, 0.15) is 11.1 Å². The number of rotatable bonds is 4. The van der Waals surface area contributed by atoms with Crippen molar-refractivity contribution in [1.82, 2.24) is 4.90 Å². The molecule has 0 bridgehead atoms. The summed E-state index contributed by atoms with van der Waals surface area (Å²) in [4.78, 5) is 14.0.